The summed E-state index contributed by atoms with van der Waals surface area (Å²) in [6, 6.07) is 0. The van der Waals surface area contributed by atoms with Crippen molar-refractivity contribution < 1.29 is 14.4 Å². The first kappa shape index (κ1) is 21.8. The van der Waals surface area contributed by atoms with Crippen LogP contribution in [0, 0.1) is 41.5 Å². The fourth-order valence-electron chi connectivity index (χ4n) is 5.14. The lowest BCUT2D eigenvalue weighted by atomic mass is 9.90. The predicted octanol–water partition coefficient (Wildman–Crippen LogP) is 2.46. The topological polar surface area (TPSA) is 149 Å². The molecule has 4 N–H and O–H groups in total. The predicted molar refractivity (Wildman–Crippen MR) is 127 cm³/mol. The zero-order valence-electron chi connectivity index (χ0n) is 19.7. The van der Waals surface area contributed by atoms with Gasteiger partial charge in [-0.2, -0.15) is 0 Å². The Morgan fingerprint density at radius 2 is 0.794 bits per heavy atom. The van der Waals surface area contributed by atoms with E-state index in [0.717, 1.165) is 0 Å². The average Bonchev–Trinajstić information content (AvgIpc) is 3.34. The van der Waals surface area contributed by atoms with E-state index in [4.69, 9.17) is 0 Å². The van der Waals surface area contributed by atoms with E-state index in [0.29, 0.717) is 56.1 Å². The summed E-state index contributed by atoms with van der Waals surface area (Å²) in [6.45, 7) is 10.2. The van der Waals surface area contributed by atoms with Gasteiger partial charge < -0.3 is 19.9 Å². The average molecular weight is 460 g/mol. The van der Waals surface area contributed by atoms with Crippen LogP contribution in [0.4, 0.5) is 0 Å². The zero-order valence-corrected chi connectivity index (χ0v) is 19.7. The lowest BCUT2D eigenvalue weighted by molar-refractivity contribution is -0.135. The molecule has 0 aromatic carbocycles. The van der Waals surface area contributed by atoms with Gasteiger partial charge in [-0.15, -0.1) is 0 Å². The summed E-state index contributed by atoms with van der Waals surface area (Å²) in [6.07, 6.45) is 0. The minimum absolute atomic E-state index is 0.225. The normalized spacial score (nSPS) is 18.7. The third kappa shape index (κ3) is 2.63. The Morgan fingerprint density at radius 1 is 0.471 bits per heavy atom. The van der Waals surface area contributed by atoms with Gasteiger partial charge in [0.1, 0.15) is 22.9 Å². The van der Waals surface area contributed by atoms with Crippen molar-refractivity contribution in [1.29, 1.82) is 0 Å². The summed E-state index contributed by atoms with van der Waals surface area (Å²) < 4.78 is 0. The first-order chi connectivity index (χ1) is 16.0. The van der Waals surface area contributed by atoms with Crippen LogP contribution in [0.15, 0.2) is 9.59 Å². The van der Waals surface area contributed by atoms with E-state index >= 15 is 0 Å². The van der Waals surface area contributed by atoms with Gasteiger partial charge in [-0.25, -0.2) is 0 Å². The minimum atomic E-state index is -1.34. The number of hydrogen-bond donors (Lipinski definition) is 4. The van der Waals surface area contributed by atoms with E-state index < -0.39 is 29.2 Å². The van der Waals surface area contributed by atoms with Gasteiger partial charge in [0.05, 0.1) is 11.0 Å². The highest BCUT2D eigenvalue weighted by atomic mass is 16.2. The highest BCUT2D eigenvalue weighted by Crippen LogP contribution is 2.42. The first-order valence-electron chi connectivity index (χ1n) is 11.0. The number of fused-ring (bicyclic) bond motifs is 2. The largest absolute Gasteiger partial charge is 0.357 e. The van der Waals surface area contributed by atoms with Crippen molar-refractivity contribution in [2.24, 2.45) is 0 Å². The summed E-state index contributed by atoms with van der Waals surface area (Å²) >= 11 is 0. The minimum Gasteiger partial charge on any atom is -0.357 e. The smallest absolute Gasteiger partial charge is 0.214 e. The summed E-state index contributed by atoms with van der Waals surface area (Å²) in [4.78, 5) is 78.0. The number of hydrogen-bond acceptors (Lipinski definition) is 5. The van der Waals surface area contributed by atoms with Gasteiger partial charge in [-0.05, 0) is 41.5 Å². The van der Waals surface area contributed by atoms with Gasteiger partial charge in [-0.3, -0.25) is 24.0 Å². The molecule has 0 bridgehead atoms. The maximum Gasteiger partial charge on any atom is 0.214 e. The SMILES string of the molecule is Cc1[nH]c2c(C3C(=O)C(=O)C(c4c(C)[nH]c5c(=O)c(C)c(C)[nH]c45)C3=O)c(C)[nH]c2c(=O)c1C. The van der Waals surface area contributed by atoms with Crippen molar-refractivity contribution >= 4 is 39.4 Å². The Labute approximate surface area is 193 Å². The van der Waals surface area contributed by atoms with Gasteiger partial charge >= 0.3 is 0 Å². The molecule has 0 amide bonds. The molecule has 4 aromatic rings. The lowest BCUT2D eigenvalue weighted by Gasteiger charge is -2.11. The molecule has 34 heavy (non-hydrogen) atoms. The van der Waals surface area contributed by atoms with Crippen molar-refractivity contribution in [3.05, 3.63) is 65.5 Å². The molecule has 174 valence electrons. The molecule has 4 heterocycles. The summed E-state index contributed by atoms with van der Waals surface area (Å²) in [5.74, 6) is -4.89. The molecule has 0 aliphatic heterocycles. The Hall–Kier alpha value is -4.01. The Morgan fingerprint density at radius 3 is 1.15 bits per heavy atom. The number of ketones is 3. The van der Waals surface area contributed by atoms with Crippen LogP contribution in [0.25, 0.3) is 22.1 Å². The second-order valence-electron chi connectivity index (χ2n) is 9.23. The van der Waals surface area contributed by atoms with E-state index in [2.05, 4.69) is 19.9 Å². The van der Waals surface area contributed by atoms with Crippen molar-refractivity contribution in [1.82, 2.24) is 19.9 Å². The van der Waals surface area contributed by atoms with Gasteiger partial charge in [0.2, 0.25) is 22.4 Å². The molecule has 9 heteroatoms. The number of aromatic nitrogens is 4. The second kappa shape index (κ2) is 6.99. The molecule has 9 nitrogen and oxygen atoms in total. The van der Waals surface area contributed by atoms with Gasteiger partial charge in [0, 0.05) is 45.0 Å². The number of carbonyl (C=O) groups excluding carboxylic acids is 3. The van der Waals surface area contributed by atoms with Crippen LogP contribution in [0.1, 0.15) is 56.9 Å². The molecule has 2 unspecified atom stereocenters. The number of pyridine rings is 2. The van der Waals surface area contributed by atoms with Crippen LogP contribution in [-0.2, 0) is 14.4 Å². The molecule has 1 fully saturated rings. The summed E-state index contributed by atoms with van der Waals surface area (Å²) in [5.41, 5.74) is 4.70. The fourth-order valence-corrected chi connectivity index (χ4v) is 5.14. The number of aromatic amines is 4. The van der Waals surface area contributed by atoms with E-state index in [9.17, 15) is 24.0 Å². The second-order valence-corrected chi connectivity index (χ2v) is 9.23. The number of nitrogens with one attached hydrogen (secondary N) is 4. The molecule has 1 aliphatic carbocycles. The van der Waals surface area contributed by atoms with Crippen LogP contribution >= 0.6 is 0 Å². The van der Waals surface area contributed by atoms with Crippen molar-refractivity contribution in [3.63, 3.8) is 0 Å². The molecule has 2 atom stereocenters. The number of H-pyrrole nitrogens is 4. The fraction of sp³-hybridized carbons (Fsp3) is 0.320. The lowest BCUT2D eigenvalue weighted by Crippen LogP contribution is -2.17. The molecular weight excluding hydrogens is 436 g/mol. The molecule has 1 saturated carbocycles. The molecule has 4 aromatic heterocycles. The Bertz CT molecular complexity index is 1600. The first-order valence-corrected chi connectivity index (χ1v) is 11.0. The van der Waals surface area contributed by atoms with Gasteiger partial charge in [0.15, 0.2) is 5.78 Å². The maximum absolute atomic E-state index is 13.7. The molecule has 5 rings (SSSR count). The number of Topliss-reactive ketones (excluding diaryl/α,β-unsaturated/α-hetero) is 3. The Kier molecular flexibility index (Phi) is 4.49. The standard InChI is InChI=1S/C25H24N4O5/c1-7-9(3)26-17-13(11(5)28-19(17)21(7)30)15-23(32)16(25(34)24(15)33)14-12(6)29-20-18(14)27-10(4)8(2)22(20)31/h15-16,28-29H,1-6H3,(H,26,30)(H,27,31). The number of rotatable bonds is 2. The van der Waals surface area contributed by atoms with E-state index in [1.807, 2.05) is 0 Å². The third-order valence-corrected chi connectivity index (χ3v) is 7.27. The summed E-state index contributed by atoms with van der Waals surface area (Å²) in [7, 11) is 0. The van der Waals surface area contributed by atoms with E-state index in [1.165, 1.54) is 0 Å². The molecule has 0 spiro atoms. The van der Waals surface area contributed by atoms with Crippen molar-refractivity contribution in [2.45, 2.75) is 53.4 Å². The molecule has 1 aliphatic rings. The highest BCUT2D eigenvalue weighted by Gasteiger charge is 2.52. The van der Waals surface area contributed by atoms with Gasteiger partial charge in [0.25, 0.3) is 0 Å². The molecule has 0 radical (unpaired) electrons. The number of carbonyl (C=O) groups is 3. The summed E-state index contributed by atoms with van der Waals surface area (Å²) in [5, 5.41) is 0. The van der Waals surface area contributed by atoms with Crippen LogP contribution in [0.3, 0.4) is 0 Å². The third-order valence-electron chi connectivity index (χ3n) is 7.27. The van der Waals surface area contributed by atoms with E-state index in [-0.39, 0.29) is 21.9 Å². The molecular formula is C25H24N4O5. The monoisotopic (exact) mass is 460 g/mol. The van der Waals surface area contributed by atoms with Crippen molar-refractivity contribution in [2.75, 3.05) is 0 Å². The highest BCUT2D eigenvalue weighted by molar-refractivity contribution is 6.55. The Balaban J connectivity index is 1.75. The quantitative estimate of drug-likeness (QED) is 0.268. The zero-order chi connectivity index (χ0) is 24.8. The van der Waals surface area contributed by atoms with Gasteiger partial charge in [-0.1, -0.05) is 0 Å². The van der Waals surface area contributed by atoms with E-state index in [1.54, 1.807) is 41.5 Å². The molecule has 0 saturated heterocycles. The van der Waals surface area contributed by atoms with Crippen molar-refractivity contribution in [3.8, 4) is 0 Å². The van der Waals surface area contributed by atoms with Crippen LogP contribution in [0.2, 0.25) is 0 Å². The van der Waals surface area contributed by atoms with Crippen LogP contribution < -0.4 is 10.9 Å². The number of aryl methyl sites for hydroxylation is 4. The van der Waals surface area contributed by atoms with Crippen LogP contribution in [0.5, 0.6) is 0 Å². The van der Waals surface area contributed by atoms with Crippen LogP contribution in [-0.4, -0.2) is 37.3 Å². The maximum atomic E-state index is 13.7.